The van der Waals surface area contributed by atoms with Crippen molar-refractivity contribution in [2.45, 2.75) is 58.2 Å². The van der Waals surface area contributed by atoms with Crippen molar-refractivity contribution in [3.05, 3.63) is 21.1 Å². The summed E-state index contributed by atoms with van der Waals surface area (Å²) in [4.78, 5) is 0. The van der Waals surface area contributed by atoms with Crippen molar-refractivity contribution in [3.63, 3.8) is 0 Å². The van der Waals surface area contributed by atoms with E-state index in [9.17, 15) is 0 Å². The fourth-order valence-corrected chi connectivity index (χ4v) is 9.56. The summed E-state index contributed by atoms with van der Waals surface area (Å²) in [5.41, 5.74) is 8.33. The van der Waals surface area contributed by atoms with E-state index in [4.69, 9.17) is 10.2 Å². The van der Waals surface area contributed by atoms with Gasteiger partial charge in [0, 0.05) is 8.95 Å². The van der Waals surface area contributed by atoms with Crippen LogP contribution in [0.3, 0.4) is 0 Å². The molecule has 0 aromatic heterocycles. The number of hydrogen-bond acceptors (Lipinski definition) is 2. The molecule has 0 atom stereocenters. The lowest BCUT2D eigenvalue weighted by molar-refractivity contribution is 0.479. The first kappa shape index (κ1) is 18.0. The van der Waals surface area contributed by atoms with E-state index in [2.05, 4.69) is 73.4 Å². The minimum Gasteiger partial charge on any atom is -0.543 e. The van der Waals surface area contributed by atoms with Gasteiger partial charge >= 0.3 is 0 Å². The molecular formula is C15H25Br2NOSi. The first-order chi connectivity index (χ1) is 9.12. The summed E-state index contributed by atoms with van der Waals surface area (Å²) in [5.74, 6) is 0.903. The van der Waals surface area contributed by atoms with Gasteiger partial charge in [0.15, 0.2) is 0 Å². The maximum atomic E-state index is 6.63. The second-order valence-corrected chi connectivity index (χ2v) is 13.3. The van der Waals surface area contributed by atoms with Crippen LogP contribution in [-0.4, -0.2) is 8.32 Å². The maximum Gasteiger partial charge on any atom is 0.258 e. The zero-order valence-electron chi connectivity index (χ0n) is 13.1. The largest absolute Gasteiger partial charge is 0.543 e. The monoisotopic (exact) mass is 421 g/mol. The van der Waals surface area contributed by atoms with Gasteiger partial charge in [0.05, 0.1) is 5.69 Å². The van der Waals surface area contributed by atoms with Gasteiger partial charge in [0.2, 0.25) is 0 Å². The highest BCUT2D eigenvalue weighted by Crippen LogP contribution is 2.44. The lowest BCUT2D eigenvalue weighted by atomic mass is 10.3. The van der Waals surface area contributed by atoms with Crippen LogP contribution >= 0.6 is 31.9 Å². The molecular weight excluding hydrogens is 398 g/mol. The number of nitrogen functional groups attached to an aromatic ring is 1. The third-order valence-corrected chi connectivity index (χ3v) is 11.4. The molecule has 0 fully saturated rings. The van der Waals surface area contributed by atoms with Crippen LogP contribution in [-0.2, 0) is 0 Å². The minimum atomic E-state index is -1.91. The molecule has 0 aliphatic heterocycles. The number of halogens is 2. The Balaban J connectivity index is 3.27. The summed E-state index contributed by atoms with van der Waals surface area (Å²) >= 11 is 6.99. The van der Waals surface area contributed by atoms with E-state index in [-0.39, 0.29) is 0 Å². The van der Waals surface area contributed by atoms with Crippen LogP contribution in [0.1, 0.15) is 41.5 Å². The Morgan fingerprint density at radius 3 is 1.55 bits per heavy atom. The molecule has 0 radical (unpaired) electrons. The highest BCUT2D eigenvalue weighted by molar-refractivity contribution is 9.11. The Morgan fingerprint density at radius 2 is 1.25 bits per heavy atom. The van der Waals surface area contributed by atoms with Crippen molar-refractivity contribution in [2.75, 3.05) is 5.73 Å². The summed E-state index contributed by atoms with van der Waals surface area (Å²) in [6.45, 7) is 13.7. The van der Waals surface area contributed by atoms with Crippen LogP contribution in [0.2, 0.25) is 16.6 Å². The SMILES string of the molecule is CC(C)[Si](Oc1cc(Br)c(N)c(Br)c1)(C(C)C)C(C)C. The predicted molar refractivity (Wildman–Crippen MR) is 97.9 cm³/mol. The van der Waals surface area contributed by atoms with Gasteiger partial charge in [-0.05, 0) is 60.6 Å². The number of nitrogens with two attached hydrogens (primary N) is 1. The fraction of sp³-hybridized carbons (Fsp3) is 0.600. The normalized spacial score (nSPS) is 12.6. The van der Waals surface area contributed by atoms with Gasteiger partial charge in [-0.2, -0.15) is 0 Å². The third kappa shape index (κ3) is 3.42. The molecule has 0 bridgehead atoms. The number of anilines is 1. The molecule has 2 nitrogen and oxygen atoms in total. The van der Waals surface area contributed by atoms with E-state index in [0.717, 1.165) is 14.7 Å². The lowest BCUT2D eigenvalue weighted by Gasteiger charge is -2.42. The molecule has 1 aromatic carbocycles. The van der Waals surface area contributed by atoms with E-state index in [1.165, 1.54) is 0 Å². The number of hydrogen-bond donors (Lipinski definition) is 1. The molecule has 20 heavy (non-hydrogen) atoms. The molecule has 2 N–H and O–H groups in total. The first-order valence-electron chi connectivity index (χ1n) is 7.06. The van der Waals surface area contributed by atoms with Crippen molar-refractivity contribution in [1.82, 2.24) is 0 Å². The molecule has 0 aliphatic rings. The number of rotatable bonds is 5. The van der Waals surface area contributed by atoms with Crippen molar-refractivity contribution in [2.24, 2.45) is 0 Å². The Kier molecular flexibility index (Phi) is 6.17. The summed E-state index contributed by atoms with van der Waals surface area (Å²) in [6, 6.07) is 3.96. The summed E-state index contributed by atoms with van der Waals surface area (Å²) < 4.78 is 8.38. The third-order valence-electron chi connectivity index (χ3n) is 4.05. The second kappa shape index (κ2) is 6.84. The fourth-order valence-electron chi connectivity index (χ4n) is 3.18. The molecule has 5 heteroatoms. The Morgan fingerprint density at radius 1 is 0.900 bits per heavy atom. The minimum absolute atomic E-state index is 0.553. The number of benzene rings is 1. The van der Waals surface area contributed by atoms with Crippen LogP contribution in [0.5, 0.6) is 5.75 Å². The van der Waals surface area contributed by atoms with E-state index in [0.29, 0.717) is 22.3 Å². The van der Waals surface area contributed by atoms with Crippen molar-refractivity contribution in [3.8, 4) is 5.75 Å². The van der Waals surface area contributed by atoms with Gasteiger partial charge in [-0.1, -0.05) is 41.5 Å². The maximum absolute atomic E-state index is 6.63. The van der Waals surface area contributed by atoms with Crippen LogP contribution in [0.4, 0.5) is 5.69 Å². The van der Waals surface area contributed by atoms with Crippen molar-refractivity contribution in [1.29, 1.82) is 0 Å². The molecule has 0 spiro atoms. The molecule has 1 aromatic rings. The summed E-state index contributed by atoms with van der Waals surface area (Å²) in [7, 11) is -1.91. The topological polar surface area (TPSA) is 35.2 Å². The smallest absolute Gasteiger partial charge is 0.258 e. The van der Waals surface area contributed by atoms with Crippen LogP contribution < -0.4 is 10.2 Å². The molecule has 0 saturated heterocycles. The highest BCUT2D eigenvalue weighted by atomic mass is 79.9. The van der Waals surface area contributed by atoms with Gasteiger partial charge in [-0.15, -0.1) is 0 Å². The standard InChI is InChI=1S/C15H25Br2NOSi/c1-9(2)20(10(3)4,11(5)6)19-12-7-13(16)15(18)14(17)8-12/h7-11H,18H2,1-6H3. The zero-order chi connectivity index (χ0) is 15.7. The highest BCUT2D eigenvalue weighted by Gasteiger charge is 2.47. The molecule has 0 unspecified atom stereocenters. The second-order valence-electron chi connectivity index (χ2n) is 6.22. The van der Waals surface area contributed by atoms with E-state index in [1.54, 1.807) is 0 Å². The van der Waals surface area contributed by atoms with Gasteiger partial charge in [0.25, 0.3) is 8.32 Å². The summed E-state index contributed by atoms with van der Waals surface area (Å²) in [6.07, 6.45) is 0. The van der Waals surface area contributed by atoms with Crippen molar-refractivity contribution < 1.29 is 4.43 Å². The molecule has 0 amide bonds. The average molecular weight is 423 g/mol. The predicted octanol–water partition coefficient (Wildman–Crippen LogP) is 6.35. The van der Waals surface area contributed by atoms with Gasteiger partial charge in [0.1, 0.15) is 5.75 Å². The Bertz CT molecular complexity index is 430. The first-order valence-corrected chi connectivity index (χ1v) is 10.8. The lowest BCUT2D eigenvalue weighted by Crippen LogP contribution is -2.50. The molecule has 0 saturated carbocycles. The molecule has 0 aliphatic carbocycles. The van der Waals surface area contributed by atoms with Gasteiger partial charge in [-0.3, -0.25) is 0 Å². The quantitative estimate of drug-likeness (QED) is 0.443. The van der Waals surface area contributed by atoms with Crippen LogP contribution in [0, 0.1) is 0 Å². The summed E-state index contributed by atoms with van der Waals surface area (Å²) in [5, 5.41) is 0. The molecule has 1 rings (SSSR count). The Labute approximate surface area is 140 Å². The van der Waals surface area contributed by atoms with E-state index in [1.807, 2.05) is 12.1 Å². The Hall–Kier alpha value is -0.00312. The van der Waals surface area contributed by atoms with Gasteiger partial charge < -0.3 is 10.2 Å². The molecule has 114 valence electrons. The average Bonchev–Trinajstić information content (AvgIpc) is 2.31. The zero-order valence-corrected chi connectivity index (χ0v) is 17.3. The van der Waals surface area contributed by atoms with Crippen molar-refractivity contribution >= 4 is 45.9 Å². The van der Waals surface area contributed by atoms with E-state index < -0.39 is 8.32 Å². The van der Waals surface area contributed by atoms with Crippen LogP contribution in [0.15, 0.2) is 21.1 Å². The van der Waals surface area contributed by atoms with Gasteiger partial charge in [-0.25, -0.2) is 0 Å². The van der Waals surface area contributed by atoms with Crippen LogP contribution in [0.25, 0.3) is 0 Å². The van der Waals surface area contributed by atoms with E-state index >= 15 is 0 Å². The molecule has 0 heterocycles.